The van der Waals surface area contributed by atoms with Gasteiger partial charge >= 0.3 is 0 Å². The standard InChI is InChI=1S/C10H20O4/c1-3-6-13-10(14-7-4-2)9-12-8-5-11/h5,10H,3-4,6-9H2,1-2H3. The van der Waals surface area contributed by atoms with Crippen molar-refractivity contribution in [2.45, 2.75) is 33.0 Å². The van der Waals surface area contributed by atoms with Gasteiger partial charge in [0.15, 0.2) is 6.29 Å². The van der Waals surface area contributed by atoms with Crippen molar-refractivity contribution < 1.29 is 19.0 Å². The first-order valence-corrected chi connectivity index (χ1v) is 5.09. The number of ether oxygens (including phenoxy) is 3. The highest BCUT2D eigenvalue weighted by Gasteiger charge is 2.08. The molecule has 0 spiro atoms. The van der Waals surface area contributed by atoms with Crippen molar-refractivity contribution >= 4 is 6.29 Å². The van der Waals surface area contributed by atoms with Gasteiger partial charge in [-0.1, -0.05) is 13.8 Å². The zero-order valence-corrected chi connectivity index (χ0v) is 9.03. The van der Waals surface area contributed by atoms with E-state index in [-0.39, 0.29) is 12.9 Å². The molecule has 14 heavy (non-hydrogen) atoms. The van der Waals surface area contributed by atoms with Gasteiger partial charge in [-0.3, -0.25) is 0 Å². The number of rotatable bonds is 10. The predicted octanol–water partition coefficient (Wildman–Crippen LogP) is 1.38. The summed E-state index contributed by atoms with van der Waals surface area (Å²) in [6, 6.07) is 0. The van der Waals surface area contributed by atoms with Gasteiger partial charge in [-0.15, -0.1) is 0 Å². The van der Waals surface area contributed by atoms with Gasteiger partial charge < -0.3 is 19.0 Å². The molecule has 0 aliphatic carbocycles. The lowest BCUT2D eigenvalue weighted by molar-refractivity contribution is -0.172. The van der Waals surface area contributed by atoms with Gasteiger partial charge in [0.1, 0.15) is 12.9 Å². The molecule has 0 radical (unpaired) electrons. The van der Waals surface area contributed by atoms with Gasteiger partial charge in [0.2, 0.25) is 0 Å². The predicted molar refractivity (Wildman–Crippen MR) is 53.2 cm³/mol. The van der Waals surface area contributed by atoms with Crippen molar-refractivity contribution in [3.05, 3.63) is 0 Å². The van der Waals surface area contributed by atoms with Crippen LogP contribution in [0.2, 0.25) is 0 Å². The number of aldehydes is 1. The zero-order valence-electron chi connectivity index (χ0n) is 9.03. The van der Waals surface area contributed by atoms with Gasteiger partial charge in [-0.2, -0.15) is 0 Å². The fourth-order valence-electron chi connectivity index (χ4n) is 0.855. The fraction of sp³-hybridized carbons (Fsp3) is 0.900. The largest absolute Gasteiger partial charge is 0.369 e. The maximum atomic E-state index is 10.0. The summed E-state index contributed by atoms with van der Waals surface area (Å²) in [5.41, 5.74) is 0. The molecule has 0 aliphatic heterocycles. The van der Waals surface area contributed by atoms with Crippen LogP contribution in [0.3, 0.4) is 0 Å². The molecule has 0 aromatic carbocycles. The van der Waals surface area contributed by atoms with E-state index in [1.54, 1.807) is 0 Å². The van der Waals surface area contributed by atoms with Crippen LogP contribution in [0.1, 0.15) is 26.7 Å². The molecule has 0 unspecified atom stereocenters. The zero-order chi connectivity index (χ0) is 10.6. The lowest BCUT2D eigenvalue weighted by atomic mass is 10.5. The van der Waals surface area contributed by atoms with Gasteiger partial charge in [0.25, 0.3) is 0 Å². The second-order valence-electron chi connectivity index (χ2n) is 2.88. The van der Waals surface area contributed by atoms with Gasteiger partial charge in [-0.25, -0.2) is 0 Å². The van der Waals surface area contributed by atoms with E-state index >= 15 is 0 Å². The van der Waals surface area contributed by atoms with E-state index < -0.39 is 0 Å². The van der Waals surface area contributed by atoms with Crippen molar-refractivity contribution in [3.63, 3.8) is 0 Å². The smallest absolute Gasteiger partial charge is 0.180 e. The Morgan fingerprint density at radius 1 is 1.14 bits per heavy atom. The topological polar surface area (TPSA) is 44.8 Å². The fourth-order valence-corrected chi connectivity index (χ4v) is 0.855. The quantitative estimate of drug-likeness (QED) is 0.306. The first kappa shape index (κ1) is 13.5. The molecule has 0 N–H and O–H groups in total. The molecule has 4 heteroatoms. The van der Waals surface area contributed by atoms with E-state index in [0.29, 0.717) is 19.8 Å². The van der Waals surface area contributed by atoms with Crippen LogP contribution in [-0.4, -0.2) is 39.0 Å². The van der Waals surface area contributed by atoms with Gasteiger partial charge in [0.05, 0.1) is 6.61 Å². The van der Waals surface area contributed by atoms with Crippen LogP contribution < -0.4 is 0 Å². The van der Waals surface area contributed by atoms with Crippen molar-refractivity contribution in [2.75, 3.05) is 26.4 Å². The monoisotopic (exact) mass is 204 g/mol. The summed E-state index contributed by atoms with van der Waals surface area (Å²) in [7, 11) is 0. The van der Waals surface area contributed by atoms with Crippen molar-refractivity contribution in [2.24, 2.45) is 0 Å². The molecule has 0 aromatic heterocycles. The Labute approximate surface area is 85.5 Å². The summed E-state index contributed by atoms with van der Waals surface area (Å²) < 4.78 is 15.8. The summed E-state index contributed by atoms with van der Waals surface area (Å²) >= 11 is 0. The number of carbonyl (C=O) groups is 1. The molecular formula is C10H20O4. The van der Waals surface area contributed by atoms with Crippen molar-refractivity contribution in [1.29, 1.82) is 0 Å². The molecule has 84 valence electrons. The van der Waals surface area contributed by atoms with Crippen LogP contribution >= 0.6 is 0 Å². The van der Waals surface area contributed by atoms with E-state index in [2.05, 4.69) is 0 Å². The average Bonchev–Trinajstić information content (AvgIpc) is 2.21. The molecule has 0 fully saturated rings. The van der Waals surface area contributed by atoms with E-state index in [0.717, 1.165) is 19.1 Å². The first-order valence-electron chi connectivity index (χ1n) is 5.09. The molecule has 0 aromatic rings. The van der Waals surface area contributed by atoms with Crippen LogP contribution in [0.25, 0.3) is 0 Å². The molecule has 0 saturated carbocycles. The van der Waals surface area contributed by atoms with Crippen LogP contribution in [0.5, 0.6) is 0 Å². The lowest BCUT2D eigenvalue weighted by Gasteiger charge is -2.17. The number of hydrogen-bond acceptors (Lipinski definition) is 4. The molecule has 0 saturated heterocycles. The first-order chi connectivity index (χ1) is 6.85. The number of hydrogen-bond donors (Lipinski definition) is 0. The minimum Gasteiger partial charge on any atom is -0.369 e. The minimum atomic E-state index is -0.338. The van der Waals surface area contributed by atoms with E-state index in [9.17, 15) is 4.79 Å². The highest BCUT2D eigenvalue weighted by molar-refractivity contribution is 5.50. The van der Waals surface area contributed by atoms with Crippen LogP contribution in [-0.2, 0) is 19.0 Å². The molecule has 0 amide bonds. The van der Waals surface area contributed by atoms with E-state index in [1.807, 2.05) is 13.8 Å². The van der Waals surface area contributed by atoms with E-state index in [4.69, 9.17) is 14.2 Å². The summed E-state index contributed by atoms with van der Waals surface area (Å²) in [6.07, 6.45) is 2.27. The highest BCUT2D eigenvalue weighted by Crippen LogP contribution is 1.98. The molecule has 0 heterocycles. The summed E-state index contributed by atoms with van der Waals surface area (Å²) in [4.78, 5) is 10.0. The molecule has 0 atom stereocenters. The van der Waals surface area contributed by atoms with Crippen molar-refractivity contribution in [3.8, 4) is 0 Å². The Kier molecular flexibility index (Phi) is 10.3. The maximum absolute atomic E-state index is 10.0. The third-order valence-electron chi connectivity index (χ3n) is 1.46. The minimum absolute atomic E-state index is 0.0987. The van der Waals surface area contributed by atoms with Crippen LogP contribution in [0.15, 0.2) is 0 Å². The number of carbonyl (C=O) groups excluding carboxylic acids is 1. The van der Waals surface area contributed by atoms with Gasteiger partial charge in [-0.05, 0) is 12.8 Å². The summed E-state index contributed by atoms with van der Waals surface area (Å²) in [6.45, 7) is 5.78. The average molecular weight is 204 g/mol. The second-order valence-corrected chi connectivity index (χ2v) is 2.88. The maximum Gasteiger partial charge on any atom is 0.180 e. The Morgan fingerprint density at radius 3 is 2.14 bits per heavy atom. The Bertz CT molecular complexity index is 119. The summed E-state index contributed by atoms with van der Waals surface area (Å²) in [5, 5.41) is 0. The summed E-state index contributed by atoms with van der Waals surface area (Å²) in [5.74, 6) is 0. The Hall–Kier alpha value is -0.450. The second kappa shape index (κ2) is 10.6. The van der Waals surface area contributed by atoms with Gasteiger partial charge in [0, 0.05) is 13.2 Å². The van der Waals surface area contributed by atoms with Crippen molar-refractivity contribution in [1.82, 2.24) is 0 Å². The molecule has 0 rings (SSSR count). The highest BCUT2D eigenvalue weighted by atomic mass is 16.7. The molecule has 0 bridgehead atoms. The third kappa shape index (κ3) is 8.16. The third-order valence-corrected chi connectivity index (χ3v) is 1.46. The Balaban J connectivity index is 3.54. The Morgan fingerprint density at radius 2 is 1.71 bits per heavy atom. The SMILES string of the molecule is CCCOC(COCC=O)OCCC. The lowest BCUT2D eigenvalue weighted by Crippen LogP contribution is -2.24. The molecule has 4 nitrogen and oxygen atoms in total. The normalized spacial score (nSPS) is 10.8. The van der Waals surface area contributed by atoms with Crippen LogP contribution in [0, 0.1) is 0 Å². The van der Waals surface area contributed by atoms with E-state index in [1.165, 1.54) is 0 Å². The molecular weight excluding hydrogens is 184 g/mol. The molecule has 0 aliphatic rings. The van der Waals surface area contributed by atoms with Crippen LogP contribution in [0.4, 0.5) is 0 Å².